The molecule has 1 aromatic heterocycles. The molecule has 0 saturated carbocycles. The molecule has 0 bridgehead atoms. The van der Waals surface area contributed by atoms with E-state index in [0.29, 0.717) is 30.8 Å². The summed E-state index contributed by atoms with van der Waals surface area (Å²) in [6.45, 7) is 8.97. The van der Waals surface area contributed by atoms with Crippen molar-refractivity contribution < 1.29 is 14.4 Å². The van der Waals surface area contributed by atoms with Gasteiger partial charge >= 0.3 is 0 Å². The molecule has 1 atom stereocenters. The molecule has 9 heteroatoms. The topological polar surface area (TPSA) is 105 Å². The smallest absolute Gasteiger partial charge is 0.248 e. The molecule has 3 N–H and O–H groups in total. The standard InChI is InChI=1S/C18H27N5O3.HI/c1-5-19-18(21-11-17-22-13(4)23-26-17)20-10-16(24)14-6-8-15(9-7-14)25-12(2)3;/h6-9,12,16,24H,5,10-11H2,1-4H3,(H2,19,20,21);1H. The summed E-state index contributed by atoms with van der Waals surface area (Å²) in [6, 6.07) is 7.43. The second-order valence-corrected chi connectivity index (χ2v) is 6.06. The summed E-state index contributed by atoms with van der Waals surface area (Å²) < 4.78 is 10.6. The molecule has 0 aliphatic rings. The number of aliphatic hydroxyl groups is 1. The van der Waals surface area contributed by atoms with Crippen molar-refractivity contribution in [3.8, 4) is 5.75 Å². The van der Waals surface area contributed by atoms with Gasteiger partial charge in [-0.05, 0) is 45.4 Å². The number of hydrogen-bond acceptors (Lipinski definition) is 6. The van der Waals surface area contributed by atoms with Crippen molar-refractivity contribution in [3.05, 3.63) is 41.5 Å². The number of aliphatic imine (C=N–C) groups is 1. The van der Waals surface area contributed by atoms with E-state index in [1.807, 2.05) is 45.0 Å². The number of ether oxygens (including phenoxy) is 1. The van der Waals surface area contributed by atoms with Crippen LogP contribution in [0.1, 0.15) is 44.2 Å². The maximum absolute atomic E-state index is 10.4. The van der Waals surface area contributed by atoms with Gasteiger partial charge in [0.25, 0.3) is 0 Å². The predicted octanol–water partition coefficient (Wildman–Crippen LogP) is 2.57. The number of aliphatic hydroxyl groups excluding tert-OH is 1. The van der Waals surface area contributed by atoms with Crippen LogP contribution in [0, 0.1) is 6.92 Å². The van der Waals surface area contributed by atoms with Crippen LogP contribution in [-0.4, -0.2) is 40.4 Å². The first-order valence-electron chi connectivity index (χ1n) is 8.74. The van der Waals surface area contributed by atoms with E-state index in [1.165, 1.54) is 0 Å². The van der Waals surface area contributed by atoms with Gasteiger partial charge in [-0.15, -0.1) is 24.0 Å². The lowest BCUT2D eigenvalue weighted by Gasteiger charge is -2.16. The fourth-order valence-corrected chi connectivity index (χ4v) is 2.24. The van der Waals surface area contributed by atoms with Crippen LogP contribution in [0.4, 0.5) is 0 Å². The summed E-state index contributed by atoms with van der Waals surface area (Å²) in [5, 5.41) is 20.3. The van der Waals surface area contributed by atoms with Crippen molar-refractivity contribution >= 4 is 29.9 Å². The van der Waals surface area contributed by atoms with Crippen LogP contribution in [-0.2, 0) is 6.54 Å². The Morgan fingerprint density at radius 1 is 1.26 bits per heavy atom. The number of halogens is 1. The lowest BCUT2D eigenvalue weighted by atomic mass is 10.1. The second kappa shape index (κ2) is 11.8. The van der Waals surface area contributed by atoms with E-state index in [9.17, 15) is 5.11 Å². The van der Waals surface area contributed by atoms with E-state index in [-0.39, 0.29) is 36.6 Å². The zero-order valence-corrected chi connectivity index (χ0v) is 18.4. The largest absolute Gasteiger partial charge is 0.491 e. The van der Waals surface area contributed by atoms with E-state index < -0.39 is 6.10 Å². The van der Waals surface area contributed by atoms with Crippen LogP contribution in [0.2, 0.25) is 0 Å². The molecule has 2 rings (SSSR count). The lowest BCUT2D eigenvalue weighted by Crippen LogP contribution is -2.39. The summed E-state index contributed by atoms with van der Waals surface area (Å²) >= 11 is 0. The minimum atomic E-state index is -0.669. The first-order valence-corrected chi connectivity index (χ1v) is 8.74. The maximum atomic E-state index is 10.4. The molecule has 0 aliphatic carbocycles. The Morgan fingerprint density at radius 3 is 2.52 bits per heavy atom. The number of rotatable bonds is 8. The van der Waals surface area contributed by atoms with Gasteiger partial charge in [-0.2, -0.15) is 4.98 Å². The molecule has 27 heavy (non-hydrogen) atoms. The molecule has 0 saturated heterocycles. The number of benzene rings is 1. The average Bonchev–Trinajstić information content (AvgIpc) is 3.02. The van der Waals surface area contributed by atoms with Crippen LogP contribution in [0.15, 0.2) is 33.8 Å². The third-order valence-corrected chi connectivity index (χ3v) is 3.39. The Morgan fingerprint density at radius 2 is 1.96 bits per heavy atom. The normalized spacial score (nSPS) is 12.4. The fraction of sp³-hybridized carbons (Fsp3) is 0.500. The van der Waals surface area contributed by atoms with Crippen molar-refractivity contribution in [2.24, 2.45) is 4.99 Å². The summed E-state index contributed by atoms with van der Waals surface area (Å²) in [5.41, 5.74) is 0.803. The highest BCUT2D eigenvalue weighted by Gasteiger charge is 2.10. The lowest BCUT2D eigenvalue weighted by molar-refractivity contribution is 0.180. The number of nitrogens with zero attached hydrogens (tertiary/aromatic N) is 3. The highest BCUT2D eigenvalue weighted by Crippen LogP contribution is 2.18. The summed E-state index contributed by atoms with van der Waals surface area (Å²) in [6.07, 6.45) is -0.549. The van der Waals surface area contributed by atoms with Crippen LogP contribution < -0.4 is 15.4 Å². The van der Waals surface area contributed by atoms with Crippen LogP contribution in [0.5, 0.6) is 5.75 Å². The molecule has 0 spiro atoms. The van der Waals surface area contributed by atoms with Gasteiger partial charge in [-0.1, -0.05) is 17.3 Å². The quantitative estimate of drug-likeness (QED) is 0.298. The molecule has 0 amide bonds. The van der Waals surface area contributed by atoms with Gasteiger partial charge < -0.3 is 25.0 Å². The van der Waals surface area contributed by atoms with Crippen LogP contribution >= 0.6 is 24.0 Å². The Kier molecular flexibility index (Phi) is 10.1. The highest BCUT2D eigenvalue weighted by molar-refractivity contribution is 14.0. The van der Waals surface area contributed by atoms with Crippen LogP contribution in [0.25, 0.3) is 0 Å². The first kappa shape index (κ1) is 23.2. The fourth-order valence-electron chi connectivity index (χ4n) is 2.24. The van der Waals surface area contributed by atoms with E-state index in [4.69, 9.17) is 9.26 Å². The number of nitrogens with one attached hydrogen (secondary N) is 2. The van der Waals surface area contributed by atoms with Crippen molar-refractivity contribution in [2.45, 2.75) is 46.4 Å². The molecule has 1 unspecified atom stereocenters. The number of guanidine groups is 1. The highest BCUT2D eigenvalue weighted by atomic mass is 127. The third-order valence-electron chi connectivity index (χ3n) is 3.39. The molecule has 8 nitrogen and oxygen atoms in total. The van der Waals surface area contributed by atoms with Gasteiger partial charge in [0.05, 0.1) is 12.2 Å². The van der Waals surface area contributed by atoms with Gasteiger partial charge in [0, 0.05) is 13.1 Å². The zero-order valence-electron chi connectivity index (χ0n) is 16.1. The van der Waals surface area contributed by atoms with Crippen molar-refractivity contribution in [1.29, 1.82) is 0 Å². The van der Waals surface area contributed by atoms with E-state index in [0.717, 1.165) is 11.3 Å². The third kappa shape index (κ3) is 8.12. The molecule has 1 aromatic carbocycles. The van der Waals surface area contributed by atoms with E-state index in [1.54, 1.807) is 6.92 Å². The minimum Gasteiger partial charge on any atom is -0.491 e. The van der Waals surface area contributed by atoms with Crippen molar-refractivity contribution in [2.75, 3.05) is 13.1 Å². The SMILES string of the molecule is CCNC(=NCc1nc(C)no1)NCC(O)c1ccc(OC(C)C)cc1.I. The van der Waals surface area contributed by atoms with Crippen LogP contribution in [0.3, 0.4) is 0 Å². The molecule has 1 heterocycles. The maximum Gasteiger partial charge on any atom is 0.248 e. The predicted molar refractivity (Wildman–Crippen MR) is 114 cm³/mol. The molecule has 150 valence electrons. The Bertz CT molecular complexity index is 703. The molecule has 0 radical (unpaired) electrons. The summed E-state index contributed by atoms with van der Waals surface area (Å²) in [7, 11) is 0. The number of aromatic nitrogens is 2. The number of hydrogen-bond donors (Lipinski definition) is 3. The Hall–Kier alpha value is -1.88. The average molecular weight is 489 g/mol. The number of aryl methyl sites for hydroxylation is 1. The van der Waals surface area contributed by atoms with Gasteiger partial charge in [-0.25, -0.2) is 4.99 Å². The molecule has 0 fully saturated rings. The molecule has 0 aliphatic heterocycles. The minimum absolute atomic E-state index is 0. The van der Waals surface area contributed by atoms with Gasteiger partial charge in [0.2, 0.25) is 5.89 Å². The van der Waals surface area contributed by atoms with E-state index >= 15 is 0 Å². The van der Waals surface area contributed by atoms with Crippen molar-refractivity contribution in [1.82, 2.24) is 20.8 Å². The molecular weight excluding hydrogens is 461 g/mol. The van der Waals surface area contributed by atoms with Gasteiger partial charge in [0.1, 0.15) is 12.3 Å². The summed E-state index contributed by atoms with van der Waals surface area (Å²) in [4.78, 5) is 8.49. The zero-order chi connectivity index (χ0) is 18.9. The second-order valence-electron chi connectivity index (χ2n) is 6.06. The van der Waals surface area contributed by atoms with Gasteiger partial charge in [0.15, 0.2) is 11.8 Å². The van der Waals surface area contributed by atoms with Gasteiger partial charge in [-0.3, -0.25) is 0 Å². The Balaban J connectivity index is 0.00000364. The summed E-state index contributed by atoms with van der Waals surface area (Å²) in [5.74, 6) is 2.38. The Labute approximate surface area is 176 Å². The first-order chi connectivity index (χ1) is 12.5. The monoisotopic (exact) mass is 489 g/mol. The molecule has 2 aromatic rings. The molecular formula is C18H28IN5O3. The van der Waals surface area contributed by atoms with Crippen molar-refractivity contribution in [3.63, 3.8) is 0 Å². The van der Waals surface area contributed by atoms with E-state index in [2.05, 4.69) is 25.8 Å².